The lowest BCUT2D eigenvalue weighted by Gasteiger charge is -2.25. The molecule has 0 aliphatic carbocycles. The van der Waals surface area contributed by atoms with Crippen LogP contribution in [0, 0.1) is 0 Å². The van der Waals surface area contributed by atoms with Gasteiger partial charge in [0.2, 0.25) is 0 Å². The molecule has 0 saturated carbocycles. The molecule has 0 saturated heterocycles. The van der Waals surface area contributed by atoms with Crippen molar-refractivity contribution in [2.45, 2.75) is 19.9 Å². The molecule has 0 fully saturated rings. The van der Waals surface area contributed by atoms with Crippen LogP contribution in [0.4, 0.5) is 5.69 Å². The highest BCUT2D eigenvalue weighted by Gasteiger charge is 2.33. The topological polar surface area (TPSA) is 73.1 Å². The van der Waals surface area contributed by atoms with E-state index >= 15 is 0 Å². The summed E-state index contributed by atoms with van der Waals surface area (Å²) in [5.41, 5.74) is 3.38. The van der Waals surface area contributed by atoms with Gasteiger partial charge < -0.3 is 14.4 Å². The van der Waals surface area contributed by atoms with E-state index in [0.29, 0.717) is 26.4 Å². The van der Waals surface area contributed by atoms with Gasteiger partial charge in [-0.05, 0) is 71.2 Å². The van der Waals surface area contributed by atoms with E-state index in [0.717, 1.165) is 21.3 Å². The summed E-state index contributed by atoms with van der Waals surface area (Å²) in [5, 5.41) is 0. The summed E-state index contributed by atoms with van der Waals surface area (Å²) in [5.74, 6) is 0.239. The van der Waals surface area contributed by atoms with Crippen LogP contribution in [0.15, 0.2) is 68.0 Å². The molecule has 3 aromatic rings. The van der Waals surface area contributed by atoms with Crippen LogP contribution < -0.4 is 24.5 Å². The third-order valence-corrected chi connectivity index (χ3v) is 7.32. The molecule has 0 radical (unpaired) electrons. The summed E-state index contributed by atoms with van der Waals surface area (Å²) in [4.78, 5) is 33.8. The number of halogens is 1. The number of allylic oxidation sites excluding steroid dienone is 1. The number of hydrogen-bond donors (Lipinski definition) is 0. The molecule has 0 N–H and O–H groups in total. The molecule has 0 spiro atoms. The Morgan fingerprint density at radius 2 is 1.94 bits per heavy atom. The average Bonchev–Trinajstić information content (AvgIpc) is 3.12. The highest BCUT2D eigenvalue weighted by molar-refractivity contribution is 9.10. The normalized spacial score (nSPS) is 15.5. The summed E-state index contributed by atoms with van der Waals surface area (Å²) in [6.07, 6.45) is 1.82. The second kappa shape index (κ2) is 10.2. The van der Waals surface area contributed by atoms with E-state index in [4.69, 9.17) is 9.47 Å². The summed E-state index contributed by atoms with van der Waals surface area (Å²) in [6, 6.07) is 12.8. The van der Waals surface area contributed by atoms with Crippen LogP contribution in [0.5, 0.6) is 5.75 Å². The maximum Gasteiger partial charge on any atom is 0.338 e. The van der Waals surface area contributed by atoms with Gasteiger partial charge in [0.1, 0.15) is 5.75 Å². The fourth-order valence-electron chi connectivity index (χ4n) is 3.99. The van der Waals surface area contributed by atoms with Crippen molar-refractivity contribution in [2.75, 3.05) is 32.7 Å². The number of hydrogen-bond acceptors (Lipinski definition) is 7. The number of aromatic nitrogens is 1. The van der Waals surface area contributed by atoms with Gasteiger partial charge in [0.25, 0.3) is 5.56 Å². The van der Waals surface area contributed by atoms with E-state index in [1.807, 2.05) is 67.5 Å². The van der Waals surface area contributed by atoms with Crippen molar-refractivity contribution >= 4 is 45.0 Å². The van der Waals surface area contributed by atoms with Crippen molar-refractivity contribution in [3.63, 3.8) is 0 Å². The summed E-state index contributed by atoms with van der Waals surface area (Å²) in [6.45, 7) is 3.78. The monoisotopic (exact) mass is 555 g/mol. The first-order chi connectivity index (χ1) is 16.7. The number of esters is 1. The zero-order chi connectivity index (χ0) is 25.3. The van der Waals surface area contributed by atoms with Crippen molar-refractivity contribution < 1.29 is 14.3 Å². The number of methoxy groups -OCH3 is 1. The Bertz CT molecular complexity index is 1490. The number of anilines is 1. The number of carbonyl (C=O) groups is 1. The second-order valence-corrected chi connectivity index (χ2v) is 10.0. The molecule has 35 heavy (non-hydrogen) atoms. The van der Waals surface area contributed by atoms with Gasteiger partial charge in [0, 0.05) is 19.8 Å². The maximum atomic E-state index is 13.7. The van der Waals surface area contributed by atoms with Crippen LogP contribution in [0.3, 0.4) is 0 Å². The number of benzene rings is 2. The fraction of sp³-hybridized carbons (Fsp3) is 0.269. The van der Waals surface area contributed by atoms with E-state index in [-0.39, 0.29) is 12.2 Å². The van der Waals surface area contributed by atoms with Crippen molar-refractivity contribution in [1.29, 1.82) is 0 Å². The molecule has 7 nitrogen and oxygen atoms in total. The molecule has 2 heterocycles. The lowest BCUT2D eigenvalue weighted by molar-refractivity contribution is -0.139. The standard InChI is InChI=1S/C26H26BrN3O4S/c1-6-34-25(32)22-15(2)28-26-30(23(22)17-8-10-18(11-9-17)29(3)4)24(31)21(35-26)14-16-7-12-20(33-5)19(27)13-16/h7-14,23H,6H2,1-5H3/b21-14-/t23-/m1/s1. The van der Waals surface area contributed by atoms with E-state index in [9.17, 15) is 9.59 Å². The zero-order valence-electron chi connectivity index (χ0n) is 20.2. The molecule has 1 atom stereocenters. The van der Waals surface area contributed by atoms with Crippen LogP contribution in [0.25, 0.3) is 6.08 Å². The van der Waals surface area contributed by atoms with Crippen molar-refractivity contribution in [2.24, 2.45) is 4.99 Å². The molecule has 1 aliphatic heterocycles. The predicted molar refractivity (Wildman–Crippen MR) is 142 cm³/mol. The number of carbonyl (C=O) groups excluding carboxylic acids is 1. The molecule has 0 amide bonds. The summed E-state index contributed by atoms with van der Waals surface area (Å²) >= 11 is 4.79. The van der Waals surface area contributed by atoms with Crippen molar-refractivity contribution in [3.05, 3.63) is 89.0 Å². The van der Waals surface area contributed by atoms with Gasteiger partial charge in [-0.3, -0.25) is 9.36 Å². The number of thiazole rings is 1. The lowest BCUT2D eigenvalue weighted by atomic mass is 9.95. The van der Waals surface area contributed by atoms with Crippen molar-refractivity contribution in [1.82, 2.24) is 4.57 Å². The van der Waals surface area contributed by atoms with E-state index < -0.39 is 12.0 Å². The number of ether oxygens (including phenoxy) is 2. The molecule has 0 bridgehead atoms. The second-order valence-electron chi connectivity index (χ2n) is 8.18. The highest BCUT2D eigenvalue weighted by atomic mass is 79.9. The van der Waals surface area contributed by atoms with E-state index in [1.165, 1.54) is 11.3 Å². The Kier molecular flexibility index (Phi) is 7.28. The molecule has 182 valence electrons. The van der Waals surface area contributed by atoms with Crippen LogP contribution in [-0.2, 0) is 9.53 Å². The molecule has 9 heteroatoms. The smallest absolute Gasteiger partial charge is 0.338 e. The quantitative estimate of drug-likeness (QED) is 0.434. The van der Waals surface area contributed by atoms with Gasteiger partial charge in [0.05, 0.1) is 40.0 Å². The Morgan fingerprint density at radius 1 is 1.23 bits per heavy atom. The first-order valence-corrected chi connectivity index (χ1v) is 12.7. The van der Waals surface area contributed by atoms with E-state index in [2.05, 4.69) is 20.9 Å². The number of fused-ring (bicyclic) bond motifs is 1. The van der Waals surface area contributed by atoms with Gasteiger partial charge in [-0.25, -0.2) is 9.79 Å². The summed E-state index contributed by atoms with van der Waals surface area (Å²) < 4.78 is 13.6. The molecule has 4 rings (SSSR count). The molecule has 1 aromatic heterocycles. The highest BCUT2D eigenvalue weighted by Crippen LogP contribution is 2.31. The van der Waals surface area contributed by atoms with Crippen LogP contribution in [0.2, 0.25) is 0 Å². The first kappa shape index (κ1) is 24.9. The minimum absolute atomic E-state index is 0.211. The Morgan fingerprint density at radius 3 is 2.54 bits per heavy atom. The minimum Gasteiger partial charge on any atom is -0.496 e. The van der Waals surface area contributed by atoms with Crippen LogP contribution in [-0.4, -0.2) is 38.3 Å². The lowest BCUT2D eigenvalue weighted by Crippen LogP contribution is -2.39. The van der Waals surface area contributed by atoms with Gasteiger partial charge >= 0.3 is 5.97 Å². The molecule has 1 aliphatic rings. The van der Waals surface area contributed by atoms with Gasteiger partial charge in [-0.1, -0.05) is 29.5 Å². The molecular weight excluding hydrogens is 530 g/mol. The SMILES string of the molecule is CCOC(=O)C1=C(C)N=c2s/c(=C\c3ccc(OC)c(Br)c3)c(=O)n2[C@@H]1c1ccc(N(C)C)cc1. The Hall–Kier alpha value is -3.17. The first-order valence-electron chi connectivity index (χ1n) is 11.1. The van der Waals surface area contributed by atoms with Gasteiger partial charge in [-0.15, -0.1) is 0 Å². The third-order valence-electron chi connectivity index (χ3n) is 5.72. The van der Waals surface area contributed by atoms with Gasteiger partial charge in [0.15, 0.2) is 4.80 Å². The fourth-order valence-corrected chi connectivity index (χ4v) is 5.59. The largest absolute Gasteiger partial charge is 0.496 e. The third kappa shape index (κ3) is 4.83. The van der Waals surface area contributed by atoms with Crippen LogP contribution in [0.1, 0.15) is 31.0 Å². The molecule has 0 unspecified atom stereocenters. The van der Waals surface area contributed by atoms with Gasteiger partial charge in [-0.2, -0.15) is 0 Å². The minimum atomic E-state index is -0.633. The van der Waals surface area contributed by atoms with Crippen molar-refractivity contribution in [3.8, 4) is 5.75 Å². The van der Waals surface area contributed by atoms with Crippen LogP contribution >= 0.6 is 27.3 Å². The number of nitrogens with zero attached hydrogens (tertiary/aromatic N) is 3. The number of rotatable bonds is 6. The Balaban J connectivity index is 1.91. The average molecular weight is 556 g/mol. The zero-order valence-corrected chi connectivity index (χ0v) is 22.6. The maximum absolute atomic E-state index is 13.7. The molecule has 2 aromatic carbocycles. The predicted octanol–water partition coefficient (Wildman–Crippen LogP) is 3.64. The molecular formula is C26H26BrN3O4S. The van der Waals surface area contributed by atoms with E-state index in [1.54, 1.807) is 25.5 Å². The Labute approximate surface area is 215 Å². The summed E-state index contributed by atoms with van der Waals surface area (Å²) in [7, 11) is 5.53.